The van der Waals surface area contributed by atoms with Gasteiger partial charge in [0.2, 0.25) is 0 Å². The third-order valence-corrected chi connectivity index (χ3v) is 2.18. The van der Waals surface area contributed by atoms with Crippen molar-refractivity contribution in [1.82, 2.24) is 15.4 Å². The Labute approximate surface area is 91.9 Å². The second-order valence-electron chi connectivity index (χ2n) is 3.38. The van der Waals surface area contributed by atoms with E-state index in [-0.39, 0.29) is 11.6 Å². The zero-order chi connectivity index (χ0) is 11.5. The number of nitrogens with one attached hydrogen (secondary N) is 2. The SMILES string of the molecule is Cc1cc(NC(=O)c2cn[nH]n2)ccc1N. The highest BCUT2D eigenvalue weighted by atomic mass is 16.2. The fourth-order valence-corrected chi connectivity index (χ4v) is 1.26. The van der Waals surface area contributed by atoms with Crippen molar-refractivity contribution in [3.05, 3.63) is 35.7 Å². The minimum atomic E-state index is -0.307. The van der Waals surface area contributed by atoms with Crippen LogP contribution >= 0.6 is 0 Å². The summed E-state index contributed by atoms with van der Waals surface area (Å²) in [6.45, 7) is 1.88. The van der Waals surface area contributed by atoms with Gasteiger partial charge in [-0.2, -0.15) is 15.4 Å². The number of hydrogen-bond acceptors (Lipinski definition) is 4. The molecular weight excluding hydrogens is 206 g/mol. The molecular formula is C10H11N5O. The molecule has 16 heavy (non-hydrogen) atoms. The van der Waals surface area contributed by atoms with Gasteiger partial charge in [0.1, 0.15) is 0 Å². The molecule has 82 valence electrons. The van der Waals surface area contributed by atoms with Gasteiger partial charge in [-0.3, -0.25) is 4.79 Å². The molecule has 0 spiro atoms. The second-order valence-corrected chi connectivity index (χ2v) is 3.38. The Balaban J connectivity index is 2.15. The van der Waals surface area contributed by atoms with Crippen LogP contribution in [0.5, 0.6) is 0 Å². The number of benzene rings is 1. The number of aryl methyl sites for hydroxylation is 1. The lowest BCUT2D eigenvalue weighted by atomic mass is 10.2. The Morgan fingerprint density at radius 1 is 1.50 bits per heavy atom. The molecule has 1 aromatic heterocycles. The lowest BCUT2D eigenvalue weighted by Crippen LogP contribution is -2.12. The van der Waals surface area contributed by atoms with Crippen molar-refractivity contribution in [2.75, 3.05) is 11.1 Å². The van der Waals surface area contributed by atoms with Gasteiger partial charge in [-0.25, -0.2) is 0 Å². The topological polar surface area (TPSA) is 96.7 Å². The Morgan fingerprint density at radius 2 is 2.31 bits per heavy atom. The van der Waals surface area contributed by atoms with E-state index in [2.05, 4.69) is 20.7 Å². The van der Waals surface area contributed by atoms with E-state index < -0.39 is 0 Å². The fraction of sp³-hybridized carbons (Fsp3) is 0.100. The van der Waals surface area contributed by atoms with Crippen molar-refractivity contribution in [2.45, 2.75) is 6.92 Å². The monoisotopic (exact) mass is 217 g/mol. The quantitative estimate of drug-likeness (QED) is 0.652. The van der Waals surface area contributed by atoms with E-state index >= 15 is 0 Å². The number of anilines is 2. The first-order valence-corrected chi connectivity index (χ1v) is 4.70. The number of nitrogens with zero attached hydrogens (tertiary/aromatic N) is 2. The first-order chi connectivity index (χ1) is 7.66. The highest BCUT2D eigenvalue weighted by Gasteiger charge is 2.08. The van der Waals surface area contributed by atoms with E-state index in [0.29, 0.717) is 11.4 Å². The molecule has 1 amide bonds. The average molecular weight is 217 g/mol. The van der Waals surface area contributed by atoms with Gasteiger partial charge in [-0.05, 0) is 30.7 Å². The number of carbonyl (C=O) groups excluding carboxylic acids is 1. The van der Waals surface area contributed by atoms with Crippen LogP contribution in [-0.2, 0) is 0 Å². The molecule has 1 heterocycles. The van der Waals surface area contributed by atoms with Crippen LogP contribution in [0, 0.1) is 6.92 Å². The molecule has 0 fully saturated rings. The van der Waals surface area contributed by atoms with Crippen molar-refractivity contribution in [3.63, 3.8) is 0 Å². The number of carbonyl (C=O) groups is 1. The third-order valence-electron chi connectivity index (χ3n) is 2.18. The summed E-state index contributed by atoms with van der Waals surface area (Å²) in [4.78, 5) is 11.6. The van der Waals surface area contributed by atoms with Crippen molar-refractivity contribution < 1.29 is 4.79 Å². The lowest BCUT2D eigenvalue weighted by Gasteiger charge is -2.05. The number of amides is 1. The zero-order valence-corrected chi connectivity index (χ0v) is 8.69. The van der Waals surface area contributed by atoms with Crippen LogP contribution in [0.4, 0.5) is 11.4 Å². The lowest BCUT2D eigenvalue weighted by molar-refractivity contribution is 0.102. The predicted molar refractivity (Wildman–Crippen MR) is 59.9 cm³/mol. The van der Waals surface area contributed by atoms with Crippen molar-refractivity contribution in [1.29, 1.82) is 0 Å². The summed E-state index contributed by atoms with van der Waals surface area (Å²) in [5.74, 6) is -0.307. The fourth-order valence-electron chi connectivity index (χ4n) is 1.26. The van der Waals surface area contributed by atoms with E-state index in [1.165, 1.54) is 6.20 Å². The molecule has 0 saturated heterocycles. The maximum Gasteiger partial charge on any atom is 0.277 e. The first-order valence-electron chi connectivity index (χ1n) is 4.70. The van der Waals surface area contributed by atoms with Crippen molar-refractivity contribution >= 4 is 17.3 Å². The Kier molecular flexibility index (Phi) is 2.55. The molecule has 0 radical (unpaired) electrons. The van der Waals surface area contributed by atoms with Gasteiger partial charge < -0.3 is 11.1 Å². The minimum Gasteiger partial charge on any atom is -0.399 e. The van der Waals surface area contributed by atoms with E-state index in [0.717, 1.165) is 5.56 Å². The first kappa shape index (κ1) is 10.2. The summed E-state index contributed by atoms with van der Waals surface area (Å²) >= 11 is 0. The third kappa shape index (κ3) is 2.00. The van der Waals surface area contributed by atoms with E-state index in [1.54, 1.807) is 18.2 Å². The van der Waals surface area contributed by atoms with Crippen LogP contribution in [0.3, 0.4) is 0 Å². The van der Waals surface area contributed by atoms with Crippen LogP contribution in [0.15, 0.2) is 24.4 Å². The molecule has 0 atom stereocenters. The Bertz CT molecular complexity index is 506. The molecule has 0 aliphatic carbocycles. The van der Waals surface area contributed by atoms with Gasteiger partial charge in [0, 0.05) is 11.4 Å². The molecule has 6 nitrogen and oxygen atoms in total. The standard InChI is InChI=1S/C10H11N5O/c1-6-4-7(2-3-8(6)11)13-10(16)9-5-12-15-14-9/h2-5H,11H2,1H3,(H,13,16)(H,12,14,15). The molecule has 1 aromatic carbocycles. The molecule has 4 N–H and O–H groups in total. The maximum atomic E-state index is 11.6. The van der Waals surface area contributed by atoms with Gasteiger partial charge in [0.15, 0.2) is 5.69 Å². The molecule has 2 rings (SSSR count). The van der Waals surface area contributed by atoms with Gasteiger partial charge >= 0.3 is 0 Å². The predicted octanol–water partition coefficient (Wildman–Crippen LogP) is 0.948. The molecule has 2 aromatic rings. The van der Waals surface area contributed by atoms with Crippen LogP contribution < -0.4 is 11.1 Å². The van der Waals surface area contributed by atoms with Crippen LogP contribution in [0.1, 0.15) is 16.1 Å². The molecule has 6 heteroatoms. The Morgan fingerprint density at radius 3 is 2.94 bits per heavy atom. The number of aromatic amines is 1. The normalized spacial score (nSPS) is 10.1. The summed E-state index contributed by atoms with van der Waals surface area (Å²) in [6, 6.07) is 5.28. The summed E-state index contributed by atoms with van der Waals surface area (Å²) < 4.78 is 0. The number of rotatable bonds is 2. The van der Waals surface area contributed by atoms with Gasteiger partial charge in [-0.15, -0.1) is 0 Å². The average Bonchev–Trinajstić information content (AvgIpc) is 2.77. The number of nitrogen functional groups attached to an aromatic ring is 1. The molecule has 0 unspecified atom stereocenters. The smallest absolute Gasteiger partial charge is 0.277 e. The van der Waals surface area contributed by atoms with Gasteiger partial charge in [0.25, 0.3) is 5.91 Å². The highest BCUT2D eigenvalue weighted by molar-refractivity contribution is 6.02. The van der Waals surface area contributed by atoms with Crippen LogP contribution in [0.2, 0.25) is 0 Å². The van der Waals surface area contributed by atoms with E-state index in [1.807, 2.05) is 6.92 Å². The summed E-state index contributed by atoms with van der Waals surface area (Å²) in [5, 5.41) is 12.3. The molecule has 0 aliphatic rings. The summed E-state index contributed by atoms with van der Waals surface area (Å²) in [7, 11) is 0. The molecule has 0 bridgehead atoms. The van der Waals surface area contributed by atoms with E-state index in [4.69, 9.17) is 5.73 Å². The maximum absolute atomic E-state index is 11.6. The van der Waals surface area contributed by atoms with Crippen LogP contribution in [-0.4, -0.2) is 21.3 Å². The van der Waals surface area contributed by atoms with Crippen molar-refractivity contribution in [3.8, 4) is 0 Å². The minimum absolute atomic E-state index is 0.245. The number of nitrogens with two attached hydrogens (primary N) is 1. The van der Waals surface area contributed by atoms with E-state index in [9.17, 15) is 4.79 Å². The van der Waals surface area contributed by atoms with Gasteiger partial charge in [0.05, 0.1) is 6.20 Å². The molecule has 0 aliphatic heterocycles. The summed E-state index contributed by atoms with van der Waals surface area (Å²) in [6.07, 6.45) is 1.36. The van der Waals surface area contributed by atoms with Crippen molar-refractivity contribution in [2.24, 2.45) is 0 Å². The van der Waals surface area contributed by atoms with Crippen LogP contribution in [0.25, 0.3) is 0 Å². The van der Waals surface area contributed by atoms with Gasteiger partial charge in [-0.1, -0.05) is 0 Å². The second kappa shape index (κ2) is 4.01. The zero-order valence-electron chi connectivity index (χ0n) is 8.69. The Hall–Kier alpha value is -2.37. The highest BCUT2D eigenvalue weighted by Crippen LogP contribution is 2.16. The number of H-pyrrole nitrogens is 1. The number of hydrogen-bond donors (Lipinski definition) is 3. The largest absolute Gasteiger partial charge is 0.399 e. The summed E-state index contributed by atoms with van der Waals surface area (Å²) in [5.41, 5.74) is 8.21. The molecule has 0 saturated carbocycles. The number of aromatic nitrogens is 3.